The molecule has 1 aromatic rings. The molecule has 1 rings (SSSR count). The van der Waals surface area contributed by atoms with Crippen LogP contribution in [0, 0.1) is 0 Å². The highest BCUT2D eigenvalue weighted by molar-refractivity contribution is 5.13. The normalized spacial score (nSPS) is 12.8. The van der Waals surface area contributed by atoms with Crippen molar-refractivity contribution < 1.29 is 9.84 Å². The second kappa shape index (κ2) is 11.7. The van der Waals surface area contributed by atoms with Gasteiger partial charge in [-0.2, -0.15) is 0 Å². The third kappa shape index (κ3) is 8.86. The van der Waals surface area contributed by atoms with Gasteiger partial charge in [0.05, 0.1) is 19.3 Å². The van der Waals surface area contributed by atoms with E-state index in [4.69, 9.17) is 4.74 Å². The highest BCUT2D eigenvalue weighted by Gasteiger charge is 2.11. The van der Waals surface area contributed by atoms with Crippen LogP contribution in [-0.4, -0.2) is 42.4 Å². The van der Waals surface area contributed by atoms with E-state index in [0.717, 1.165) is 25.2 Å². The Morgan fingerprint density at radius 1 is 1.05 bits per heavy atom. The van der Waals surface area contributed by atoms with Gasteiger partial charge in [-0.1, -0.05) is 57.0 Å². The SMILES string of the molecule is CCCCN(CCCC)CC(O)COCc1ccccc1. The topological polar surface area (TPSA) is 32.7 Å². The van der Waals surface area contributed by atoms with E-state index in [0.29, 0.717) is 13.2 Å². The first-order chi connectivity index (χ1) is 10.3. The maximum Gasteiger partial charge on any atom is 0.0900 e. The Kier molecular flexibility index (Phi) is 10.1. The van der Waals surface area contributed by atoms with Crippen molar-refractivity contribution in [1.82, 2.24) is 4.90 Å². The molecule has 0 radical (unpaired) electrons. The maximum absolute atomic E-state index is 10.1. The Hall–Kier alpha value is -0.900. The molecule has 21 heavy (non-hydrogen) atoms. The molecule has 0 aliphatic heterocycles. The number of nitrogens with zero attached hydrogens (tertiary/aromatic N) is 1. The molecule has 0 saturated carbocycles. The Labute approximate surface area is 129 Å². The Bertz CT molecular complexity index is 334. The summed E-state index contributed by atoms with van der Waals surface area (Å²) in [6.45, 7) is 8.26. The number of benzene rings is 1. The fraction of sp³-hybridized carbons (Fsp3) is 0.667. The summed E-state index contributed by atoms with van der Waals surface area (Å²) in [5.41, 5.74) is 1.15. The fourth-order valence-corrected chi connectivity index (χ4v) is 2.30. The zero-order chi connectivity index (χ0) is 15.3. The van der Waals surface area contributed by atoms with Gasteiger partial charge in [-0.15, -0.1) is 0 Å². The van der Waals surface area contributed by atoms with Gasteiger partial charge in [0, 0.05) is 6.54 Å². The minimum atomic E-state index is -0.401. The molecule has 120 valence electrons. The molecule has 3 heteroatoms. The molecule has 3 nitrogen and oxygen atoms in total. The lowest BCUT2D eigenvalue weighted by Gasteiger charge is -2.24. The minimum absolute atomic E-state index is 0.401. The van der Waals surface area contributed by atoms with Crippen molar-refractivity contribution in [3.05, 3.63) is 35.9 Å². The van der Waals surface area contributed by atoms with Crippen LogP contribution in [0.25, 0.3) is 0 Å². The summed E-state index contributed by atoms with van der Waals surface area (Å²) in [6.07, 6.45) is 4.39. The predicted molar refractivity (Wildman–Crippen MR) is 88.4 cm³/mol. The average molecular weight is 293 g/mol. The second-order valence-electron chi connectivity index (χ2n) is 5.66. The quantitative estimate of drug-likeness (QED) is 0.640. The third-order valence-electron chi connectivity index (χ3n) is 3.55. The minimum Gasteiger partial charge on any atom is -0.389 e. The maximum atomic E-state index is 10.1. The third-order valence-corrected chi connectivity index (χ3v) is 3.55. The summed E-state index contributed by atoms with van der Waals surface area (Å²) in [4.78, 5) is 2.36. The van der Waals surface area contributed by atoms with Gasteiger partial charge >= 0.3 is 0 Å². The molecule has 1 N–H and O–H groups in total. The van der Waals surface area contributed by atoms with Crippen molar-refractivity contribution in [2.45, 2.75) is 52.2 Å². The van der Waals surface area contributed by atoms with Gasteiger partial charge in [-0.05, 0) is 31.5 Å². The number of hydrogen-bond acceptors (Lipinski definition) is 3. The van der Waals surface area contributed by atoms with Crippen LogP contribution in [-0.2, 0) is 11.3 Å². The zero-order valence-electron chi connectivity index (χ0n) is 13.6. The molecule has 1 aromatic carbocycles. The molecule has 0 fully saturated rings. The lowest BCUT2D eigenvalue weighted by Crippen LogP contribution is -2.36. The fourth-order valence-electron chi connectivity index (χ4n) is 2.30. The van der Waals surface area contributed by atoms with Crippen LogP contribution >= 0.6 is 0 Å². The summed E-state index contributed by atoms with van der Waals surface area (Å²) in [5, 5.41) is 10.1. The first-order valence-corrected chi connectivity index (χ1v) is 8.28. The molecule has 0 saturated heterocycles. The van der Waals surface area contributed by atoms with Gasteiger partial charge < -0.3 is 14.7 Å². The van der Waals surface area contributed by atoms with Crippen molar-refractivity contribution in [1.29, 1.82) is 0 Å². The average Bonchev–Trinajstić information content (AvgIpc) is 2.51. The number of unbranched alkanes of at least 4 members (excludes halogenated alkanes) is 2. The van der Waals surface area contributed by atoms with Crippen LogP contribution in [0.5, 0.6) is 0 Å². The van der Waals surface area contributed by atoms with E-state index >= 15 is 0 Å². The lowest BCUT2D eigenvalue weighted by molar-refractivity contribution is 0.00949. The number of rotatable bonds is 12. The Morgan fingerprint density at radius 2 is 1.67 bits per heavy atom. The largest absolute Gasteiger partial charge is 0.389 e. The monoisotopic (exact) mass is 293 g/mol. The van der Waals surface area contributed by atoms with Crippen molar-refractivity contribution >= 4 is 0 Å². The smallest absolute Gasteiger partial charge is 0.0900 e. The summed E-state index contributed by atoms with van der Waals surface area (Å²) >= 11 is 0. The standard InChI is InChI=1S/C18H31NO2/c1-3-5-12-19(13-6-4-2)14-18(20)16-21-15-17-10-8-7-9-11-17/h7-11,18,20H,3-6,12-16H2,1-2H3. The molecule has 0 aliphatic rings. The first-order valence-electron chi connectivity index (χ1n) is 8.28. The highest BCUT2D eigenvalue weighted by Crippen LogP contribution is 2.04. The molecule has 1 atom stereocenters. The molecule has 0 amide bonds. The van der Waals surface area contributed by atoms with Crippen LogP contribution in [0.15, 0.2) is 30.3 Å². The van der Waals surface area contributed by atoms with Crippen molar-refractivity contribution in [2.75, 3.05) is 26.2 Å². The number of ether oxygens (including phenoxy) is 1. The number of hydrogen-bond donors (Lipinski definition) is 1. The molecule has 0 spiro atoms. The molecule has 0 bridgehead atoms. The summed E-state index contributed by atoms with van der Waals surface area (Å²) in [5.74, 6) is 0. The van der Waals surface area contributed by atoms with Gasteiger partial charge in [0.2, 0.25) is 0 Å². The molecule has 1 unspecified atom stereocenters. The van der Waals surface area contributed by atoms with Crippen LogP contribution < -0.4 is 0 Å². The van der Waals surface area contributed by atoms with E-state index in [9.17, 15) is 5.11 Å². The molecule has 0 heterocycles. The second-order valence-corrected chi connectivity index (χ2v) is 5.66. The van der Waals surface area contributed by atoms with Crippen LogP contribution in [0.3, 0.4) is 0 Å². The molecular weight excluding hydrogens is 262 g/mol. The lowest BCUT2D eigenvalue weighted by atomic mass is 10.2. The molecular formula is C18H31NO2. The van der Waals surface area contributed by atoms with E-state index in [1.165, 1.54) is 25.7 Å². The summed E-state index contributed by atoms with van der Waals surface area (Å²) < 4.78 is 5.61. The van der Waals surface area contributed by atoms with E-state index in [1.54, 1.807) is 0 Å². The van der Waals surface area contributed by atoms with E-state index < -0.39 is 6.10 Å². The molecule has 0 aliphatic carbocycles. The summed E-state index contributed by atoms with van der Waals surface area (Å²) in [7, 11) is 0. The first kappa shape index (κ1) is 18.1. The van der Waals surface area contributed by atoms with Gasteiger partial charge in [0.1, 0.15) is 0 Å². The predicted octanol–water partition coefficient (Wildman–Crippen LogP) is 3.47. The van der Waals surface area contributed by atoms with Gasteiger partial charge in [0.15, 0.2) is 0 Å². The number of aliphatic hydroxyl groups is 1. The Balaban J connectivity index is 2.23. The van der Waals surface area contributed by atoms with E-state index in [1.807, 2.05) is 30.3 Å². The van der Waals surface area contributed by atoms with Gasteiger partial charge in [0.25, 0.3) is 0 Å². The van der Waals surface area contributed by atoms with Gasteiger partial charge in [-0.3, -0.25) is 0 Å². The summed E-state index contributed by atoms with van der Waals surface area (Å²) in [6, 6.07) is 10.1. The van der Waals surface area contributed by atoms with Gasteiger partial charge in [-0.25, -0.2) is 0 Å². The zero-order valence-corrected chi connectivity index (χ0v) is 13.6. The van der Waals surface area contributed by atoms with E-state index in [2.05, 4.69) is 18.7 Å². The van der Waals surface area contributed by atoms with Crippen molar-refractivity contribution in [2.24, 2.45) is 0 Å². The van der Waals surface area contributed by atoms with Crippen molar-refractivity contribution in [3.8, 4) is 0 Å². The molecule has 0 aromatic heterocycles. The van der Waals surface area contributed by atoms with Crippen molar-refractivity contribution in [3.63, 3.8) is 0 Å². The van der Waals surface area contributed by atoms with Crippen LogP contribution in [0.2, 0.25) is 0 Å². The Morgan fingerprint density at radius 3 is 2.24 bits per heavy atom. The highest BCUT2D eigenvalue weighted by atomic mass is 16.5. The van der Waals surface area contributed by atoms with Crippen LogP contribution in [0.1, 0.15) is 45.1 Å². The van der Waals surface area contributed by atoms with E-state index in [-0.39, 0.29) is 0 Å². The number of aliphatic hydroxyl groups excluding tert-OH is 1. The van der Waals surface area contributed by atoms with Crippen LogP contribution in [0.4, 0.5) is 0 Å².